The molecule has 0 heterocycles. The van der Waals surface area contributed by atoms with Gasteiger partial charge in [-0.15, -0.1) is 0 Å². The molecule has 0 amide bonds. The molecular weight excluding hydrogens is 211 g/mol. The van der Waals surface area contributed by atoms with Crippen molar-refractivity contribution in [3.63, 3.8) is 0 Å². The number of aliphatic carboxylic acids is 1. The molecule has 1 N–H and O–H groups in total. The lowest BCUT2D eigenvalue weighted by molar-refractivity contribution is -0.139. The average Bonchev–Trinajstić information content (AvgIpc) is 2.13. The Morgan fingerprint density at radius 3 is 2.81 bits per heavy atom. The monoisotopic (exact) mass is 224 g/mol. The van der Waals surface area contributed by atoms with Gasteiger partial charge in [0.1, 0.15) is 11.6 Å². The molecule has 1 fully saturated rings. The van der Waals surface area contributed by atoms with Gasteiger partial charge in [-0.2, -0.15) is 0 Å². The van der Waals surface area contributed by atoms with E-state index in [0.29, 0.717) is 11.7 Å². The Labute approximate surface area is 92.9 Å². The fraction of sp³-hybridized carbons (Fsp3) is 0.417. The highest BCUT2D eigenvalue weighted by Gasteiger charge is 2.23. The van der Waals surface area contributed by atoms with E-state index in [4.69, 9.17) is 9.84 Å². The van der Waals surface area contributed by atoms with Crippen LogP contribution in [-0.4, -0.2) is 17.7 Å². The second-order valence-electron chi connectivity index (χ2n) is 3.99. The molecule has 0 aliphatic heterocycles. The molecular formula is C12H13FO3. The fourth-order valence-corrected chi connectivity index (χ4v) is 1.83. The molecule has 1 aliphatic carbocycles. The first-order valence-corrected chi connectivity index (χ1v) is 5.31. The van der Waals surface area contributed by atoms with Gasteiger partial charge >= 0.3 is 5.97 Å². The number of hydrogen-bond acceptors (Lipinski definition) is 2. The van der Waals surface area contributed by atoms with Crippen molar-refractivity contribution in [3.05, 3.63) is 29.6 Å². The summed E-state index contributed by atoms with van der Waals surface area (Å²) in [6.07, 6.45) is 3.18. The van der Waals surface area contributed by atoms with Crippen molar-refractivity contribution >= 4 is 5.97 Å². The molecule has 4 heteroatoms. The Morgan fingerprint density at radius 1 is 1.50 bits per heavy atom. The smallest absolute Gasteiger partial charge is 0.341 e. The molecule has 1 aromatic rings. The Hall–Kier alpha value is -1.58. The second-order valence-corrected chi connectivity index (χ2v) is 3.99. The topological polar surface area (TPSA) is 46.5 Å². The molecule has 3 nitrogen and oxygen atoms in total. The first-order valence-electron chi connectivity index (χ1n) is 5.31. The summed E-state index contributed by atoms with van der Waals surface area (Å²) in [4.78, 5) is 10.4. The summed E-state index contributed by atoms with van der Waals surface area (Å²) in [7, 11) is 0. The standard InChI is InChI=1S/C12H13FO3/c13-9-4-5-11(16-7-12(14)15)10(6-9)8-2-1-3-8/h4-6,8H,1-3,7H2,(H,14,15). The third-order valence-electron chi connectivity index (χ3n) is 2.87. The maximum atomic E-state index is 13.1. The molecule has 0 unspecified atom stereocenters. The minimum atomic E-state index is -1.02. The molecule has 0 saturated heterocycles. The van der Waals surface area contributed by atoms with E-state index in [0.717, 1.165) is 24.8 Å². The van der Waals surface area contributed by atoms with Crippen LogP contribution in [0.15, 0.2) is 18.2 Å². The maximum absolute atomic E-state index is 13.1. The number of carboxylic acids is 1. The predicted octanol–water partition coefficient (Wildman–Crippen LogP) is 2.56. The van der Waals surface area contributed by atoms with Crippen molar-refractivity contribution in [3.8, 4) is 5.75 Å². The van der Waals surface area contributed by atoms with Crippen LogP contribution in [-0.2, 0) is 4.79 Å². The number of halogens is 1. The molecule has 0 aromatic heterocycles. The van der Waals surface area contributed by atoms with Gasteiger partial charge in [0.05, 0.1) is 0 Å². The van der Waals surface area contributed by atoms with Crippen molar-refractivity contribution in [1.29, 1.82) is 0 Å². The molecule has 1 aliphatic rings. The van der Waals surface area contributed by atoms with Gasteiger partial charge in [-0.05, 0) is 37.0 Å². The van der Waals surface area contributed by atoms with Crippen LogP contribution in [0, 0.1) is 5.82 Å². The molecule has 1 saturated carbocycles. The lowest BCUT2D eigenvalue weighted by Crippen LogP contribution is -2.14. The van der Waals surface area contributed by atoms with Gasteiger partial charge in [-0.1, -0.05) is 6.42 Å². The van der Waals surface area contributed by atoms with Crippen molar-refractivity contribution in [2.75, 3.05) is 6.61 Å². The maximum Gasteiger partial charge on any atom is 0.341 e. The van der Waals surface area contributed by atoms with Crippen LogP contribution in [0.25, 0.3) is 0 Å². The Bertz CT molecular complexity index is 399. The Kier molecular flexibility index (Phi) is 3.08. The van der Waals surface area contributed by atoms with Gasteiger partial charge in [-0.3, -0.25) is 0 Å². The van der Waals surface area contributed by atoms with E-state index in [9.17, 15) is 9.18 Å². The lowest BCUT2D eigenvalue weighted by atomic mass is 9.79. The van der Waals surface area contributed by atoms with Crippen LogP contribution in [0.2, 0.25) is 0 Å². The summed E-state index contributed by atoms with van der Waals surface area (Å²) in [5.41, 5.74) is 0.799. The number of carboxylic acid groups (broad SMARTS) is 1. The number of hydrogen-bond donors (Lipinski definition) is 1. The average molecular weight is 224 g/mol. The van der Waals surface area contributed by atoms with Gasteiger partial charge in [0.25, 0.3) is 0 Å². The molecule has 0 radical (unpaired) electrons. The zero-order chi connectivity index (χ0) is 11.5. The Balaban J connectivity index is 2.17. The Morgan fingerprint density at radius 2 is 2.25 bits per heavy atom. The van der Waals surface area contributed by atoms with Crippen LogP contribution in [0.3, 0.4) is 0 Å². The second kappa shape index (κ2) is 4.51. The number of benzene rings is 1. The molecule has 86 valence electrons. The SMILES string of the molecule is O=C(O)COc1ccc(F)cc1C1CCC1. The number of rotatable bonds is 4. The summed E-state index contributed by atoms with van der Waals surface area (Å²) >= 11 is 0. The molecule has 0 spiro atoms. The van der Waals surface area contributed by atoms with Crippen LogP contribution in [0.5, 0.6) is 5.75 Å². The first-order chi connectivity index (χ1) is 7.66. The molecule has 2 rings (SSSR count). The van der Waals surface area contributed by atoms with Crippen molar-refractivity contribution in [1.82, 2.24) is 0 Å². The third kappa shape index (κ3) is 2.32. The minimum Gasteiger partial charge on any atom is -0.482 e. The van der Waals surface area contributed by atoms with Gasteiger partial charge in [0.2, 0.25) is 0 Å². The van der Waals surface area contributed by atoms with Gasteiger partial charge < -0.3 is 9.84 Å². The van der Waals surface area contributed by atoms with Gasteiger partial charge in [0.15, 0.2) is 6.61 Å². The van der Waals surface area contributed by atoms with E-state index in [2.05, 4.69) is 0 Å². The van der Waals surface area contributed by atoms with E-state index in [1.807, 2.05) is 0 Å². The van der Waals surface area contributed by atoms with Crippen molar-refractivity contribution in [2.45, 2.75) is 25.2 Å². The zero-order valence-electron chi connectivity index (χ0n) is 8.78. The zero-order valence-corrected chi connectivity index (χ0v) is 8.78. The summed E-state index contributed by atoms with van der Waals surface area (Å²) in [6.45, 7) is -0.384. The quantitative estimate of drug-likeness (QED) is 0.854. The molecule has 1 aromatic carbocycles. The summed E-state index contributed by atoms with van der Waals surface area (Å²) in [5, 5.41) is 8.53. The minimum absolute atomic E-state index is 0.301. The van der Waals surface area contributed by atoms with E-state index < -0.39 is 5.97 Å². The van der Waals surface area contributed by atoms with Crippen LogP contribution < -0.4 is 4.74 Å². The van der Waals surface area contributed by atoms with E-state index in [-0.39, 0.29) is 12.4 Å². The fourth-order valence-electron chi connectivity index (χ4n) is 1.83. The van der Waals surface area contributed by atoms with Gasteiger partial charge in [-0.25, -0.2) is 9.18 Å². The van der Waals surface area contributed by atoms with Crippen LogP contribution in [0.1, 0.15) is 30.7 Å². The highest BCUT2D eigenvalue weighted by atomic mass is 19.1. The summed E-state index contributed by atoms with van der Waals surface area (Å²) in [5.74, 6) is -0.513. The summed E-state index contributed by atoms with van der Waals surface area (Å²) in [6, 6.07) is 4.24. The number of ether oxygens (including phenoxy) is 1. The molecule has 16 heavy (non-hydrogen) atoms. The van der Waals surface area contributed by atoms with Crippen molar-refractivity contribution in [2.24, 2.45) is 0 Å². The normalized spacial score (nSPS) is 15.6. The lowest BCUT2D eigenvalue weighted by Gasteiger charge is -2.27. The van der Waals surface area contributed by atoms with E-state index >= 15 is 0 Å². The first kappa shape index (κ1) is 10.9. The van der Waals surface area contributed by atoms with E-state index in [1.165, 1.54) is 18.2 Å². The van der Waals surface area contributed by atoms with Gasteiger partial charge in [0, 0.05) is 5.56 Å². The number of carbonyl (C=O) groups is 1. The molecule has 0 atom stereocenters. The highest BCUT2D eigenvalue weighted by Crippen LogP contribution is 2.40. The van der Waals surface area contributed by atoms with E-state index in [1.54, 1.807) is 0 Å². The van der Waals surface area contributed by atoms with Crippen molar-refractivity contribution < 1.29 is 19.0 Å². The largest absolute Gasteiger partial charge is 0.482 e. The van der Waals surface area contributed by atoms with Crippen LogP contribution >= 0.6 is 0 Å². The highest BCUT2D eigenvalue weighted by molar-refractivity contribution is 5.68. The van der Waals surface area contributed by atoms with Crippen LogP contribution in [0.4, 0.5) is 4.39 Å². The third-order valence-corrected chi connectivity index (χ3v) is 2.87. The predicted molar refractivity (Wildman–Crippen MR) is 56.1 cm³/mol. The summed E-state index contributed by atoms with van der Waals surface area (Å²) < 4.78 is 18.2. The molecule has 0 bridgehead atoms.